The van der Waals surface area contributed by atoms with Gasteiger partial charge in [-0.15, -0.1) is 0 Å². The van der Waals surface area contributed by atoms with Crippen LogP contribution in [0.3, 0.4) is 0 Å². The molecule has 1 aromatic heterocycles. The van der Waals surface area contributed by atoms with Gasteiger partial charge in [-0.3, -0.25) is 0 Å². The molecule has 0 saturated carbocycles. The van der Waals surface area contributed by atoms with Crippen LogP contribution in [0.25, 0.3) is 11.1 Å². The largest absolute Gasteiger partial charge is 0.444 e. The molecular formula is C20H23ClFN3O2. The number of anilines is 1. The van der Waals surface area contributed by atoms with Crippen molar-refractivity contribution in [2.75, 3.05) is 31.1 Å². The third kappa shape index (κ3) is 5.10. The number of amides is 1. The van der Waals surface area contributed by atoms with Crippen molar-refractivity contribution < 1.29 is 13.9 Å². The first-order valence-electron chi connectivity index (χ1n) is 8.88. The highest BCUT2D eigenvalue weighted by Gasteiger charge is 2.26. The fourth-order valence-corrected chi connectivity index (χ4v) is 3.13. The predicted octanol–water partition coefficient (Wildman–Crippen LogP) is 4.60. The highest BCUT2D eigenvalue weighted by molar-refractivity contribution is 6.29. The number of carbonyl (C=O) groups excluding carboxylic acids is 1. The Hall–Kier alpha value is -2.34. The third-order valence-electron chi connectivity index (χ3n) is 4.19. The van der Waals surface area contributed by atoms with Crippen molar-refractivity contribution in [3.05, 3.63) is 47.4 Å². The van der Waals surface area contributed by atoms with E-state index in [1.807, 2.05) is 32.9 Å². The molecule has 144 valence electrons. The molecule has 0 atom stereocenters. The molecule has 0 bridgehead atoms. The standard InChI is InChI=1S/C20H23ClFN3O2/c1-20(2,3)27-19(26)25-9-7-24(8-10-25)18-13-15(12-17(21)23-18)14-5-4-6-16(22)11-14/h4-6,11-13H,7-10H2,1-3H3. The van der Waals surface area contributed by atoms with Gasteiger partial charge in [-0.1, -0.05) is 23.7 Å². The van der Waals surface area contributed by atoms with E-state index in [1.54, 1.807) is 17.0 Å². The molecule has 0 radical (unpaired) electrons. The van der Waals surface area contributed by atoms with Crippen LogP contribution in [0.1, 0.15) is 20.8 Å². The van der Waals surface area contributed by atoms with Gasteiger partial charge in [0.15, 0.2) is 0 Å². The van der Waals surface area contributed by atoms with E-state index in [0.29, 0.717) is 37.1 Å². The Bertz CT molecular complexity index is 830. The zero-order valence-electron chi connectivity index (χ0n) is 15.7. The van der Waals surface area contributed by atoms with Crippen LogP contribution in [-0.2, 0) is 4.74 Å². The highest BCUT2D eigenvalue weighted by atomic mass is 35.5. The first-order valence-corrected chi connectivity index (χ1v) is 9.25. The van der Waals surface area contributed by atoms with Crippen LogP contribution < -0.4 is 4.90 Å². The number of ether oxygens (including phenoxy) is 1. The van der Waals surface area contributed by atoms with Gasteiger partial charge in [0.25, 0.3) is 0 Å². The molecule has 1 saturated heterocycles. The Kier molecular flexibility index (Phi) is 5.56. The van der Waals surface area contributed by atoms with Crippen LogP contribution in [0.4, 0.5) is 15.0 Å². The number of benzene rings is 1. The average Bonchev–Trinajstić information content (AvgIpc) is 2.60. The van der Waals surface area contributed by atoms with E-state index < -0.39 is 5.60 Å². The summed E-state index contributed by atoms with van der Waals surface area (Å²) in [5.41, 5.74) is 1.04. The Balaban J connectivity index is 1.72. The molecular weight excluding hydrogens is 369 g/mol. The number of aromatic nitrogens is 1. The minimum atomic E-state index is -0.511. The van der Waals surface area contributed by atoms with Crippen LogP contribution in [-0.4, -0.2) is 47.8 Å². The molecule has 1 aliphatic rings. The maximum absolute atomic E-state index is 13.5. The second-order valence-corrected chi connectivity index (χ2v) is 7.89. The van der Waals surface area contributed by atoms with Crippen molar-refractivity contribution in [1.29, 1.82) is 0 Å². The number of rotatable bonds is 2. The molecule has 0 N–H and O–H groups in total. The molecule has 2 aromatic rings. The lowest BCUT2D eigenvalue weighted by Gasteiger charge is -2.36. The molecule has 7 heteroatoms. The van der Waals surface area contributed by atoms with Crippen LogP contribution in [0.15, 0.2) is 36.4 Å². The van der Waals surface area contributed by atoms with Gasteiger partial charge in [0.05, 0.1) is 0 Å². The number of piperazine rings is 1. The average molecular weight is 392 g/mol. The van der Waals surface area contributed by atoms with E-state index in [-0.39, 0.29) is 11.9 Å². The third-order valence-corrected chi connectivity index (χ3v) is 4.39. The second-order valence-electron chi connectivity index (χ2n) is 7.50. The lowest BCUT2D eigenvalue weighted by Crippen LogP contribution is -2.50. The van der Waals surface area contributed by atoms with Crippen molar-refractivity contribution >= 4 is 23.5 Å². The minimum absolute atomic E-state index is 0.298. The van der Waals surface area contributed by atoms with Crippen molar-refractivity contribution in [2.24, 2.45) is 0 Å². The first kappa shape index (κ1) is 19.4. The number of hydrogen-bond donors (Lipinski definition) is 0. The summed E-state index contributed by atoms with van der Waals surface area (Å²) in [6.07, 6.45) is -0.304. The summed E-state index contributed by atoms with van der Waals surface area (Å²) in [6, 6.07) is 9.98. The van der Waals surface area contributed by atoms with Gasteiger partial charge >= 0.3 is 6.09 Å². The zero-order valence-corrected chi connectivity index (χ0v) is 16.5. The zero-order chi connectivity index (χ0) is 19.6. The lowest BCUT2D eigenvalue weighted by atomic mass is 10.1. The maximum Gasteiger partial charge on any atom is 0.410 e. The Morgan fingerprint density at radius 2 is 1.81 bits per heavy atom. The van der Waals surface area contributed by atoms with Gasteiger partial charge in [0.2, 0.25) is 0 Å². The fourth-order valence-electron chi connectivity index (χ4n) is 2.92. The summed E-state index contributed by atoms with van der Waals surface area (Å²) in [4.78, 5) is 20.4. The quantitative estimate of drug-likeness (QED) is 0.702. The smallest absolute Gasteiger partial charge is 0.410 e. The normalized spacial score (nSPS) is 15.0. The van der Waals surface area contributed by atoms with Crippen LogP contribution in [0.2, 0.25) is 5.15 Å². The molecule has 1 aromatic carbocycles. The summed E-state index contributed by atoms with van der Waals surface area (Å²) in [7, 11) is 0. The van der Waals surface area contributed by atoms with Crippen molar-refractivity contribution in [3.63, 3.8) is 0 Å². The maximum atomic E-state index is 13.5. The monoisotopic (exact) mass is 391 g/mol. The fraction of sp³-hybridized carbons (Fsp3) is 0.400. The van der Waals surface area contributed by atoms with E-state index >= 15 is 0 Å². The van der Waals surface area contributed by atoms with Gasteiger partial charge in [-0.25, -0.2) is 14.2 Å². The summed E-state index contributed by atoms with van der Waals surface area (Å²) >= 11 is 6.19. The second kappa shape index (κ2) is 7.72. The van der Waals surface area contributed by atoms with Gasteiger partial charge in [0.1, 0.15) is 22.4 Å². The van der Waals surface area contributed by atoms with Gasteiger partial charge in [0, 0.05) is 26.2 Å². The van der Waals surface area contributed by atoms with Gasteiger partial charge in [-0.05, 0) is 56.2 Å². The SMILES string of the molecule is CC(C)(C)OC(=O)N1CCN(c2cc(-c3cccc(F)c3)cc(Cl)n2)CC1. The summed E-state index contributed by atoms with van der Waals surface area (Å²) < 4.78 is 19.0. The Morgan fingerprint density at radius 3 is 2.44 bits per heavy atom. The Labute approximate surface area is 163 Å². The van der Waals surface area contributed by atoms with Gasteiger partial charge in [-0.2, -0.15) is 0 Å². The molecule has 27 heavy (non-hydrogen) atoms. The van der Waals surface area contributed by atoms with Crippen molar-refractivity contribution in [1.82, 2.24) is 9.88 Å². The highest BCUT2D eigenvalue weighted by Crippen LogP contribution is 2.27. The first-order chi connectivity index (χ1) is 12.7. The molecule has 0 unspecified atom stereocenters. The molecule has 0 spiro atoms. The lowest BCUT2D eigenvalue weighted by molar-refractivity contribution is 0.0240. The van der Waals surface area contributed by atoms with E-state index in [1.165, 1.54) is 12.1 Å². The van der Waals surface area contributed by atoms with E-state index in [4.69, 9.17) is 16.3 Å². The van der Waals surface area contributed by atoms with Crippen LogP contribution in [0.5, 0.6) is 0 Å². The molecule has 0 aliphatic carbocycles. The van der Waals surface area contributed by atoms with E-state index in [9.17, 15) is 9.18 Å². The van der Waals surface area contributed by atoms with Crippen molar-refractivity contribution in [2.45, 2.75) is 26.4 Å². The minimum Gasteiger partial charge on any atom is -0.444 e. The van der Waals surface area contributed by atoms with Crippen molar-refractivity contribution in [3.8, 4) is 11.1 Å². The van der Waals surface area contributed by atoms with E-state index in [2.05, 4.69) is 9.88 Å². The van der Waals surface area contributed by atoms with E-state index in [0.717, 1.165) is 11.1 Å². The predicted molar refractivity (Wildman–Crippen MR) is 105 cm³/mol. The molecule has 3 rings (SSSR count). The number of halogens is 2. The number of carbonyl (C=O) groups is 1. The summed E-state index contributed by atoms with van der Waals surface area (Å²) in [6.45, 7) is 7.88. The summed E-state index contributed by atoms with van der Waals surface area (Å²) in [5.74, 6) is 0.415. The Morgan fingerprint density at radius 1 is 1.11 bits per heavy atom. The topological polar surface area (TPSA) is 45.7 Å². The molecule has 1 aliphatic heterocycles. The molecule has 1 amide bonds. The van der Waals surface area contributed by atoms with Crippen LogP contribution >= 0.6 is 11.6 Å². The number of nitrogens with zero attached hydrogens (tertiary/aromatic N) is 3. The van der Waals surface area contributed by atoms with Gasteiger partial charge < -0.3 is 14.5 Å². The van der Waals surface area contributed by atoms with Crippen LogP contribution in [0, 0.1) is 5.82 Å². The number of hydrogen-bond acceptors (Lipinski definition) is 4. The summed E-state index contributed by atoms with van der Waals surface area (Å²) in [5, 5.41) is 0.348. The number of pyridine rings is 1. The molecule has 2 heterocycles. The molecule has 1 fully saturated rings. The molecule has 5 nitrogen and oxygen atoms in total.